The number of nitrogens with zero attached hydrogens (tertiary/aromatic N) is 3. The molecule has 0 amide bonds. The number of hydrogen-bond acceptors (Lipinski definition) is 5. The second-order valence-corrected chi connectivity index (χ2v) is 10.6. The molecule has 0 saturated carbocycles. The van der Waals surface area contributed by atoms with Crippen LogP contribution in [0.25, 0.3) is 10.9 Å². The lowest BCUT2D eigenvalue weighted by Crippen LogP contribution is -2.55. The van der Waals surface area contributed by atoms with Gasteiger partial charge in [-0.2, -0.15) is 0 Å². The summed E-state index contributed by atoms with van der Waals surface area (Å²) in [6.45, 7) is 1.75. The number of esters is 1. The number of cyclic esters (lactones) is 1. The van der Waals surface area contributed by atoms with Crippen LogP contribution in [0.4, 0.5) is 14.5 Å². The Kier molecular flexibility index (Phi) is 6.28. The van der Waals surface area contributed by atoms with Gasteiger partial charge in [0.1, 0.15) is 23.8 Å². The average Bonchev–Trinajstić information content (AvgIpc) is 3.06. The van der Waals surface area contributed by atoms with Gasteiger partial charge >= 0.3 is 5.97 Å². The largest absolute Gasteiger partial charge is 0.460 e. The number of carbonyl (C=O) groups excluding carboxylic acids is 1. The van der Waals surface area contributed by atoms with Crippen LogP contribution in [0.15, 0.2) is 76.0 Å². The Hall–Kier alpha value is -3.56. The number of hydrogen-bond donors (Lipinski definition) is 0. The quantitative estimate of drug-likeness (QED) is 0.319. The van der Waals surface area contributed by atoms with Crippen molar-refractivity contribution in [1.82, 2.24) is 9.47 Å². The van der Waals surface area contributed by atoms with E-state index < -0.39 is 11.5 Å². The Labute approximate surface area is 226 Å². The fourth-order valence-electron chi connectivity index (χ4n) is 5.68. The van der Waals surface area contributed by atoms with Crippen LogP contribution >= 0.6 is 15.9 Å². The van der Waals surface area contributed by atoms with Crippen molar-refractivity contribution in [3.8, 4) is 0 Å². The van der Waals surface area contributed by atoms with E-state index in [0.717, 1.165) is 26.5 Å². The number of aryl methyl sites for hydroxylation is 1. The third-order valence-electron chi connectivity index (χ3n) is 7.48. The molecule has 0 spiro atoms. The summed E-state index contributed by atoms with van der Waals surface area (Å²) < 4.78 is 35.5. The number of ether oxygens (including phenoxy) is 1. The SMILES string of the molecule is Cn1c(=O)c2c(c3cc(Br)ccc31)N1CCN(C(c3ccc(F)cc3)c3ccc(F)cc3)C[C@@H]1COC2=O. The summed E-state index contributed by atoms with van der Waals surface area (Å²) in [5.74, 6) is -1.29. The molecule has 3 heterocycles. The zero-order chi connectivity index (χ0) is 26.6. The first-order valence-electron chi connectivity index (χ1n) is 12.3. The van der Waals surface area contributed by atoms with E-state index >= 15 is 0 Å². The molecule has 3 aromatic carbocycles. The van der Waals surface area contributed by atoms with Crippen molar-refractivity contribution in [2.45, 2.75) is 12.1 Å². The van der Waals surface area contributed by atoms with Gasteiger partial charge in [-0.15, -0.1) is 0 Å². The number of pyridine rings is 1. The van der Waals surface area contributed by atoms with Crippen LogP contribution in [0.5, 0.6) is 0 Å². The summed E-state index contributed by atoms with van der Waals surface area (Å²) in [6.07, 6.45) is 0. The maximum atomic E-state index is 13.8. The van der Waals surface area contributed by atoms with Crippen molar-refractivity contribution in [3.63, 3.8) is 0 Å². The maximum Gasteiger partial charge on any atom is 0.346 e. The Balaban J connectivity index is 1.44. The number of halogens is 3. The molecule has 0 N–H and O–H groups in total. The van der Waals surface area contributed by atoms with Gasteiger partial charge in [0.25, 0.3) is 5.56 Å². The topological polar surface area (TPSA) is 54.8 Å². The molecule has 0 bridgehead atoms. The Bertz CT molecular complexity index is 1560. The van der Waals surface area contributed by atoms with Gasteiger partial charge in [0, 0.05) is 36.5 Å². The van der Waals surface area contributed by atoms with Crippen LogP contribution in [-0.4, -0.2) is 47.7 Å². The number of benzene rings is 3. The summed E-state index contributed by atoms with van der Waals surface area (Å²) >= 11 is 3.53. The van der Waals surface area contributed by atoms with E-state index in [1.807, 2.05) is 18.2 Å². The molecule has 4 aromatic rings. The van der Waals surface area contributed by atoms with Crippen LogP contribution in [0.3, 0.4) is 0 Å². The molecule has 2 aliphatic rings. The molecule has 0 radical (unpaired) electrons. The number of rotatable bonds is 3. The van der Waals surface area contributed by atoms with E-state index in [1.54, 1.807) is 31.3 Å². The van der Waals surface area contributed by atoms with Crippen LogP contribution in [0.2, 0.25) is 0 Å². The van der Waals surface area contributed by atoms with Crippen molar-refractivity contribution < 1.29 is 18.3 Å². The lowest BCUT2D eigenvalue weighted by Gasteiger charge is -2.45. The Morgan fingerprint density at radius 3 is 2.18 bits per heavy atom. The van der Waals surface area contributed by atoms with E-state index in [2.05, 4.69) is 25.7 Å². The molecule has 2 aliphatic heterocycles. The van der Waals surface area contributed by atoms with Gasteiger partial charge in [-0.25, -0.2) is 13.6 Å². The molecule has 0 aliphatic carbocycles. The van der Waals surface area contributed by atoms with Gasteiger partial charge in [0.2, 0.25) is 0 Å². The second kappa shape index (κ2) is 9.63. The van der Waals surface area contributed by atoms with E-state index in [4.69, 9.17) is 4.74 Å². The van der Waals surface area contributed by atoms with Crippen molar-refractivity contribution in [2.75, 3.05) is 31.1 Å². The first-order chi connectivity index (χ1) is 18.3. The smallest absolute Gasteiger partial charge is 0.346 e. The van der Waals surface area contributed by atoms with Gasteiger partial charge in [-0.1, -0.05) is 40.2 Å². The standard InChI is InChI=1S/C29H24BrF2N3O3/c1-33-24-11-6-19(30)14-23(24)27-25(28(33)36)29(37)38-16-22-15-34(12-13-35(22)27)26(17-2-7-20(31)8-3-17)18-4-9-21(32)10-5-18/h2-11,14,22,26H,12-13,15-16H2,1H3/t22-/m1/s1. The molecule has 194 valence electrons. The molecule has 1 fully saturated rings. The normalized spacial score (nSPS) is 17.8. The molecule has 1 saturated heterocycles. The zero-order valence-corrected chi connectivity index (χ0v) is 22.1. The number of piperazine rings is 1. The number of aromatic nitrogens is 1. The van der Waals surface area contributed by atoms with Crippen LogP contribution < -0.4 is 10.5 Å². The predicted octanol–water partition coefficient (Wildman–Crippen LogP) is 5.03. The Morgan fingerprint density at radius 1 is 0.921 bits per heavy atom. The van der Waals surface area contributed by atoms with Gasteiger partial charge in [-0.3, -0.25) is 9.69 Å². The second-order valence-electron chi connectivity index (χ2n) is 9.70. The van der Waals surface area contributed by atoms with Crippen molar-refractivity contribution >= 4 is 38.5 Å². The summed E-state index contributed by atoms with van der Waals surface area (Å²) in [6, 6.07) is 17.8. The highest BCUT2D eigenvalue weighted by atomic mass is 79.9. The van der Waals surface area contributed by atoms with Crippen molar-refractivity contribution in [3.05, 3.63) is 110 Å². The first-order valence-corrected chi connectivity index (χ1v) is 13.1. The van der Waals surface area contributed by atoms with E-state index in [9.17, 15) is 18.4 Å². The van der Waals surface area contributed by atoms with Gasteiger partial charge in [-0.05, 0) is 53.6 Å². The van der Waals surface area contributed by atoms with Crippen molar-refractivity contribution in [2.24, 2.45) is 7.05 Å². The number of fused-ring (bicyclic) bond motifs is 5. The fourth-order valence-corrected chi connectivity index (χ4v) is 6.05. The van der Waals surface area contributed by atoms with Gasteiger partial charge in [0.15, 0.2) is 0 Å². The number of anilines is 1. The molecule has 6 nitrogen and oxygen atoms in total. The third kappa shape index (κ3) is 4.19. The molecule has 38 heavy (non-hydrogen) atoms. The summed E-state index contributed by atoms with van der Waals surface area (Å²) in [5, 5.41) is 0.794. The highest BCUT2D eigenvalue weighted by Gasteiger charge is 2.39. The summed E-state index contributed by atoms with van der Waals surface area (Å²) in [4.78, 5) is 30.8. The fraction of sp³-hybridized carbons (Fsp3) is 0.241. The lowest BCUT2D eigenvalue weighted by molar-refractivity contribution is 0.0451. The molecule has 6 rings (SSSR count). The molecule has 0 unspecified atom stereocenters. The maximum absolute atomic E-state index is 13.8. The summed E-state index contributed by atoms with van der Waals surface area (Å²) in [7, 11) is 1.66. The van der Waals surface area contributed by atoms with Gasteiger partial charge < -0.3 is 14.2 Å². The minimum Gasteiger partial charge on any atom is -0.460 e. The average molecular weight is 580 g/mol. The minimum atomic E-state index is -0.628. The lowest BCUT2D eigenvalue weighted by atomic mass is 9.95. The van der Waals surface area contributed by atoms with Crippen LogP contribution in [-0.2, 0) is 11.8 Å². The van der Waals surface area contributed by atoms with E-state index in [0.29, 0.717) is 25.3 Å². The highest BCUT2D eigenvalue weighted by molar-refractivity contribution is 9.10. The minimum absolute atomic E-state index is 0.0441. The van der Waals surface area contributed by atoms with Crippen molar-refractivity contribution in [1.29, 1.82) is 0 Å². The van der Waals surface area contributed by atoms with E-state index in [-0.39, 0.29) is 35.9 Å². The van der Waals surface area contributed by atoms with E-state index in [1.165, 1.54) is 28.8 Å². The summed E-state index contributed by atoms with van der Waals surface area (Å²) in [5.41, 5.74) is 2.72. The first kappa shape index (κ1) is 24.8. The zero-order valence-electron chi connectivity index (χ0n) is 20.5. The van der Waals surface area contributed by atoms with Crippen LogP contribution in [0.1, 0.15) is 27.5 Å². The molecule has 1 aromatic heterocycles. The third-order valence-corrected chi connectivity index (χ3v) is 7.97. The molecular formula is C29H24BrF2N3O3. The highest BCUT2D eigenvalue weighted by Crippen LogP contribution is 2.38. The number of carbonyl (C=O) groups is 1. The monoisotopic (exact) mass is 579 g/mol. The van der Waals surface area contributed by atoms with Crippen LogP contribution in [0, 0.1) is 11.6 Å². The molecular weight excluding hydrogens is 556 g/mol. The van der Waals surface area contributed by atoms with Gasteiger partial charge in [0.05, 0.1) is 23.3 Å². The predicted molar refractivity (Wildman–Crippen MR) is 145 cm³/mol. The molecule has 1 atom stereocenters. The Morgan fingerprint density at radius 2 is 1.55 bits per heavy atom. The molecule has 9 heteroatoms.